The normalized spacial score (nSPS) is 17.6. The molecule has 1 aromatic rings. The molecule has 0 saturated heterocycles. The highest BCUT2D eigenvalue weighted by atomic mass is 16.5. The molecule has 1 atom stereocenters. The molecule has 0 saturated carbocycles. The first-order chi connectivity index (χ1) is 8.61. The van der Waals surface area contributed by atoms with Gasteiger partial charge in [0.05, 0.1) is 12.5 Å². The minimum absolute atomic E-state index is 0.0932. The molecule has 1 aliphatic rings. The monoisotopic (exact) mass is 249 g/mol. The van der Waals surface area contributed by atoms with Crippen molar-refractivity contribution in [1.82, 2.24) is 4.90 Å². The number of fused-ring (bicyclic) bond motifs is 1. The topological polar surface area (TPSA) is 38.8 Å². The van der Waals surface area contributed by atoms with Gasteiger partial charge < -0.3 is 14.4 Å². The van der Waals surface area contributed by atoms with Gasteiger partial charge in [-0.05, 0) is 37.1 Å². The zero-order chi connectivity index (χ0) is 13.1. The molecule has 0 aromatic heterocycles. The Kier molecular flexibility index (Phi) is 3.75. The maximum Gasteiger partial charge on any atom is 0.228 e. The van der Waals surface area contributed by atoms with Crippen LogP contribution in [0, 0.1) is 5.92 Å². The van der Waals surface area contributed by atoms with E-state index in [1.54, 1.807) is 19.0 Å². The van der Waals surface area contributed by atoms with Crippen LogP contribution < -0.4 is 9.47 Å². The van der Waals surface area contributed by atoms with Gasteiger partial charge >= 0.3 is 0 Å². The molecule has 98 valence electrons. The molecular weight excluding hydrogens is 230 g/mol. The minimum Gasteiger partial charge on any atom is -0.494 e. The molecule has 1 unspecified atom stereocenters. The average molecular weight is 249 g/mol. The summed E-state index contributed by atoms with van der Waals surface area (Å²) in [6, 6.07) is 5.78. The number of hydrogen-bond donors (Lipinski definition) is 0. The van der Waals surface area contributed by atoms with Gasteiger partial charge in [0.2, 0.25) is 5.91 Å². The lowest BCUT2D eigenvalue weighted by molar-refractivity contribution is -0.134. The second-order valence-corrected chi connectivity index (χ2v) is 4.65. The number of ether oxygens (including phenoxy) is 2. The predicted molar refractivity (Wildman–Crippen MR) is 69.0 cm³/mol. The van der Waals surface area contributed by atoms with E-state index in [2.05, 4.69) is 0 Å². The van der Waals surface area contributed by atoms with E-state index in [1.807, 2.05) is 25.1 Å². The van der Waals surface area contributed by atoms with Crippen LogP contribution in [0.3, 0.4) is 0 Å². The summed E-state index contributed by atoms with van der Waals surface area (Å²) < 4.78 is 11.1. The molecule has 1 aromatic carbocycles. The van der Waals surface area contributed by atoms with E-state index in [0.717, 1.165) is 17.1 Å². The average Bonchev–Trinajstić information content (AvgIpc) is 2.37. The van der Waals surface area contributed by atoms with Gasteiger partial charge in [-0.2, -0.15) is 0 Å². The molecule has 0 radical (unpaired) electrons. The van der Waals surface area contributed by atoms with Crippen LogP contribution in [0.5, 0.6) is 11.5 Å². The van der Waals surface area contributed by atoms with Crippen LogP contribution in [0.4, 0.5) is 0 Å². The number of benzene rings is 1. The van der Waals surface area contributed by atoms with Crippen molar-refractivity contribution in [2.24, 2.45) is 5.92 Å². The van der Waals surface area contributed by atoms with Gasteiger partial charge in [-0.3, -0.25) is 4.79 Å². The number of carbonyl (C=O) groups is 1. The molecule has 18 heavy (non-hydrogen) atoms. The summed E-state index contributed by atoms with van der Waals surface area (Å²) in [7, 11) is 3.54. The Balaban J connectivity index is 2.16. The quantitative estimate of drug-likeness (QED) is 0.819. The fourth-order valence-electron chi connectivity index (χ4n) is 2.15. The standard InChI is InChI=1S/C14H19NO3/c1-4-17-12-5-6-13-10(8-12)7-11(9-18-13)14(16)15(2)3/h5-6,8,11H,4,7,9H2,1-3H3. The molecule has 0 bridgehead atoms. The molecule has 0 aliphatic carbocycles. The second-order valence-electron chi connectivity index (χ2n) is 4.65. The molecule has 4 nitrogen and oxygen atoms in total. The number of rotatable bonds is 3. The molecule has 0 fully saturated rings. The highest BCUT2D eigenvalue weighted by molar-refractivity contribution is 5.79. The van der Waals surface area contributed by atoms with Crippen LogP contribution in [0.15, 0.2) is 18.2 Å². The number of nitrogens with zero attached hydrogens (tertiary/aromatic N) is 1. The molecular formula is C14H19NO3. The first-order valence-corrected chi connectivity index (χ1v) is 6.21. The van der Waals surface area contributed by atoms with Crippen molar-refractivity contribution in [3.05, 3.63) is 23.8 Å². The molecule has 2 rings (SSSR count). The molecule has 0 N–H and O–H groups in total. The molecule has 1 amide bonds. The van der Waals surface area contributed by atoms with Crippen molar-refractivity contribution >= 4 is 5.91 Å². The highest BCUT2D eigenvalue weighted by Crippen LogP contribution is 2.31. The summed E-state index contributed by atoms with van der Waals surface area (Å²) in [5, 5.41) is 0. The van der Waals surface area contributed by atoms with Crippen LogP contribution in [-0.2, 0) is 11.2 Å². The van der Waals surface area contributed by atoms with E-state index in [0.29, 0.717) is 19.6 Å². The fraction of sp³-hybridized carbons (Fsp3) is 0.500. The predicted octanol–water partition coefficient (Wildman–Crippen LogP) is 1.72. The summed E-state index contributed by atoms with van der Waals surface area (Å²) in [5.41, 5.74) is 1.05. The fourth-order valence-corrected chi connectivity index (χ4v) is 2.15. The van der Waals surface area contributed by atoms with Gasteiger partial charge in [-0.1, -0.05) is 0 Å². The molecule has 1 heterocycles. The lowest BCUT2D eigenvalue weighted by Crippen LogP contribution is -2.36. The summed E-state index contributed by atoms with van der Waals surface area (Å²) >= 11 is 0. The van der Waals surface area contributed by atoms with Crippen molar-refractivity contribution in [1.29, 1.82) is 0 Å². The van der Waals surface area contributed by atoms with Crippen molar-refractivity contribution in [3.8, 4) is 11.5 Å². The lowest BCUT2D eigenvalue weighted by Gasteiger charge is -2.26. The van der Waals surface area contributed by atoms with Crippen LogP contribution in [0.1, 0.15) is 12.5 Å². The maximum atomic E-state index is 11.9. The third kappa shape index (κ3) is 2.58. The number of amides is 1. The van der Waals surface area contributed by atoms with Crippen molar-refractivity contribution in [2.75, 3.05) is 27.3 Å². The first-order valence-electron chi connectivity index (χ1n) is 6.21. The molecule has 1 aliphatic heterocycles. The van der Waals surface area contributed by atoms with E-state index in [4.69, 9.17) is 9.47 Å². The third-order valence-corrected chi connectivity index (χ3v) is 3.04. The van der Waals surface area contributed by atoms with Crippen LogP contribution >= 0.6 is 0 Å². The van der Waals surface area contributed by atoms with Gasteiger partial charge in [0, 0.05) is 14.1 Å². The zero-order valence-electron chi connectivity index (χ0n) is 11.1. The van der Waals surface area contributed by atoms with Gasteiger partial charge in [0.15, 0.2) is 0 Å². The van der Waals surface area contributed by atoms with Gasteiger partial charge in [-0.15, -0.1) is 0 Å². The van der Waals surface area contributed by atoms with Crippen molar-refractivity contribution < 1.29 is 14.3 Å². The zero-order valence-corrected chi connectivity index (χ0v) is 11.1. The van der Waals surface area contributed by atoms with Crippen molar-refractivity contribution in [3.63, 3.8) is 0 Å². The summed E-state index contributed by atoms with van der Waals surface area (Å²) in [6.45, 7) is 3.05. The summed E-state index contributed by atoms with van der Waals surface area (Å²) in [4.78, 5) is 13.5. The Labute approximate surface area is 107 Å². The van der Waals surface area contributed by atoms with Gasteiger partial charge in [0.1, 0.15) is 18.1 Å². The van der Waals surface area contributed by atoms with E-state index < -0.39 is 0 Å². The SMILES string of the molecule is CCOc1ccc2c(c1)CC(C(=O)N(C)C)CO2. The first kappa shape index (κ1) is 12.7. The third-order valence-electron chi connectivity index (χ3n) is 3.04. The Morgan fingerprint density at radius 1 is 1.50 bits per heavy atom. The Morgan fingerprint density at radius 3 is 2.94 bits per heavy atom. The Hall–Kier alpha value is -1.71. The van der Waals surface area contributed by atoms with Crippen LogP contribution in [0.2, 0.25) is 0 Å². The summed E-state index contributed by atoms with van der Waals surface area (Å²) in [6.07, 6.45) is 0.716. The van der Waals surface area contributed by atoms with Crippen LogP contribution in [0.25, 0.3) is 0 Å². The highest BCUT2D eigenvalue weighted by Gasteiger charge is 2.27. The van der Waals surface area contributed by atoms with E-state index >= 15 is 0 Å². The number of carbonyl (C=O) groups excluding carboxylic acids is 1. The summed E-state index contributed by atoms with van der Waals surface area (Å²) in [5.74, 6) is 1.71. The van der Waals surface area contributed by atoms with Crippen molar-refractivity contribution in [2.45, 2.75) is 13.3 Å². The Morgan fingerprint density at radius 2 is 2.28 bits per heavy atom. The molecule has 0 spiro atoms. The van der Waals surface area contributed by atoms with E-state index in [-0.39, 0.29) is 11.8 Å². The van der Waals surface area contributed by atoms with Gasteiger partial charge in [0.25, 0.3) is 0 Å². The number of hydrogen-bond acceptors (Lipinski definition) is 3. The Bertz CT molecular complexity index is 443. The van der Waals surface area contributed by atoms with E-state index in [1.165, 1.54) is 0 Å². The largest absolute Gasteiger partial charge is 0.494 e. The van der Waals surface area contributed by atoms with E-state index in [9.17, 15) is 4.79 Å². The van der Waals surface area contributed by atoms with Gasteiger partial charge in [-0.25, -0.2) is 0 Å². The van der Waals surface area contributed by atoms with Crippen LogP contribution in [-0.4, -0.2) is 38.1 Å². The second kappa shape index (κ2) is 5.29. The molecule has 4 heteroatoms. The maximum absolute atomic E-state index is 11.9. The lowest BCUT2D eigenvalue weighted by atomic mass is 9.95. The smallest absolute Gasteiger partial charge is 0.228 e. The minimum atomic E-state index is -0.0932.